The van der Waals surface area contributed by atoms with Crippen LogP contribution in [0.1, 0.15) is 35.1 Å². The molecule has 0 aliphatic heterocycles. The Morgan fingerprint density at radius 2 is 0.968 bits per heavy atom. The van der Waals surface area contributed by atoms with Gasteiger partial charge in [0.15, 0.2) is 0 Å². The van der Waals surface area contributed by atoms with Crippen LogP contribution in [0.25, 0.3) is 0 Å². The molecule has 0 N–H and O–H groups in total. The molecule has 2 heteroatoms. The molecule has 0 aliphatic carbocycles. The van der Waals surface area contributed by atoms with E-state index in [4.69, 9.17) is 9.47 Å². The predicted octanol–water partition coefficient (Wildman–Crippen LogP) is 7.19. The van der Waals surface area contributed by atoms with Crippen molar-refractivity contribution in [2.75, 3.05) is 0 Å². The summed E-state index contributed by atoms with van der Waals surface area (Å²) in [5.74, 6) is 2.24. The van der Waals surface area contributed by atoms with Gasteiger partial charge in [0.05, 0.1) is 0 Å². The number of benzene rings is 4. The van der Waals surface area contributed by atoms with Gasteiger partial charge in [-0.05, 0) is 58.9 Å². The summed E-state index contributed by atoms with van der Waals surface area (Å²) >= 11 is 0. The average Bonchev–Trinajstić information content (AvgIpc) is 2.84. The van der Waals surface area contributed by atoms with Crippen molar-refractivity contribution in [1.29, 1.82) is 0 Å². The Labute approximate surface area is 185 Å². The van der Waals surface area contributed by atoms with E-state index in [1.165, 1.54) is 22.3 Å². The molecule has 4 rings (SSSR count). The molecule has 0 saturated heterocycles. The van der Waals surface area contributed by atoms with Gasteiger partial charge in [-0.1, -0.05) is 91.9 Å². The summed E-state index contributed by atoms with van der Waals surface area (Å²) in [6.45, 7) is 3.45. The Bertz CT molecular complexity index is 1040. The van der Waals surface area contributed by atoms with Crippen molar-refractivity contribution < 1.29 is 9.47 Å². The van der Waals surface area contributed by atoms with E-state index in [-0.39, 0.29) is 0 Å². The van der Waals surface area contributed by atoms with Gasteiger partial charge in [0.2, 0.25) is 0 Å². The lowest BCUT2D eigenvalue weighted by molar-refractivity contribution is 0.306. The third kappa shape index (κ3) is 6.23. The first-order chi connectivity index (χ1) is 15.3. The Morgan fingerprint density at radius 3 is 1.45 bits per heavy atom. The molecule has 0 radical (unpaired) electrons. The van der Waals surface area contributed by atoms with Crippen molar-refractivity contribution in [1.82, 2.24) is 0 Å². The van der Waals surface area contributed by atoms with E-state index in [9.17, 15) is 0 Å². The molecule has 0 fully saturated rings. The predicted molar refractivity (Wildman–Crippen MR) is 127 cm³/mol. The molecule has 4 aromatic rings. The molecule has 156 valence electrons. The van der Waals surface area contributed by atoms with Gasteiger partial charge in [0.1, 0.15) is 24.7 Å². The van der Waals surface area contributed by atoms with E-state index in [0.717, 1.165) is 17.9 Å². The van der Waals surface area contributed by atoms with Crippen molar-refractivity contribution in [2.24, 2.45) is 0 Å². The van der Waals surface area contributed by atoms with E-state index < -0.39 is 0 Å². The maximum Gasteiger partial charge on any atom is 0.119 e. The highest BCUT2D eigenvalue weighted by Gasteiger charge is 2.08. The zero-order valence-electron chi connectivity index (χ0n) is 17.9. The Kier molecular flexibility index (Phi) is 7.02. The van der Waals surface area contributed by atoms with E-state index >= 15 is 0 Å². The highest BCUT2D eigenvalue weighted by Crippen LogP contribution is 2.24. The van der Waals surface area contributed by atoms with Crippen molar-refractivity contribution in [3.63, 3.8) is 0 Å². The zero-order valence-corrected chi connectivity index (χ0v) is 17.9. The molecular formula is C29H28O2. The second-order valence-corrected chi connectivity index (χ2v) is 7.87. The van der Waals surface area contributed by atoms with Crippen LogP contribution in [0.5, 0.6) is 11.5 Å². The molecule has 0 aromatic heterocycles. The van der Waals surface area contributed by atoms with Gasteiger partial charge < -0.3 is 9.47 Å². The van der Waals surface area contributed by atoms with Crippen molar-refractivity contribution in [3.05, 3.63) is 131 Å². The van der Waals surface area contributed by atoms with Gasteiger partial charge in [0.25, 0.3) is 0 Å². The second kappa shape index (κ2) is 10.5. The number of ether oxygens (including phenoxy) is 2. The fourth-order valence-electron chi connectivity index (χ4n) is 3.57. The van der Waals surface area contributed by atoms with Crippen LogP contribution in [0.15, 0.2) is 109 Å². The lowest BCUT2D eigenvalue weighted by atomic mass is 9.94. The molecule has 0 aliphatic rings. The lowest BCUT2D eigenvalue weighted by Crippen LogP contribution is -2.00. The lowest BCUT2D eigenvalue weighted by Gasteiger charge is -2.14. The summed E-state index contributed by atoms with van der Waals surface area (Å²) in [5, 5.41) is 0. The maximum atomic E-state index is 5.90. The minimum absolute atomic E-state index is 0.430. The Hall–Kier alpha value is -3.52. The quantitative estimate of drug-likeness (QED) is 0.292. The van der Waals surface area contributed by atoms with Gasteiger partial charge in [0, 0.05) is 0 Å². The monoisotopic (exact) mass is 408 g/mol. The van der Waals surface area contributed by atoms with Crippen LogP contribution in [0, 0.1) is 0 Å². The molecule has 0 spiro atoms. The minimum Gasteiger partial charge on any atom is -0.489 e. The van der Waals surface area contributed by atoms with E-state index in [1.807, 2.05) is 36.4 Å². The molecule has 31 heavy (non-hydrogen) atoms. The van der Waals surface area contributed by atoms with Crippen molar-refractivity contribution in [2.45, 2.75) is 32.5 Å². The number of hydrogen-bond acceptors (Lipinski definition) is 2. The Morgan fingerprint density at radius 1 is 0.516 bits per heavy atom. The van der Waals surface area contributed by atoms with E-state index in [0.29, 0.717) is 19.1 Å². The number of hydrogen-bond donors (Lipinski definition) is 0. The molecule has 4 aromatic carbocycles. The van der Waals surface area contributed by atoms with Gasteiger partial charge in [-0.25, -0.2) is 0 Å². The number of rotatable bonds is 9. The molecular weight excluding hydrogens is 380 g/mol. The molecule has 0 bridgehead atoms. The minimum atomic E-state index is 0.430. The second-order valence-electron chi connectivity index (χ2n) is 7.87. The molecule has 0 heterocycles. The summed E-state index contributed by atoms with van der Waals surface area (Å²) in [5.41, 5.74) is 4.98. The van der Waals surface area contributed by atoms with E-state index in [2.05, 4.69) is 79.7 Å². The maximum absolute atomic E-state index is 5.90. The standard InChI is InChI=1S/C29H28O2/c1-23(27-14-18-29(19-15-27)31-22-26-10-6-3-7-11-26)20-24-12-16-28(17-13-24)30-21-25-8-4-2-5-9-25/h2-19,23H,20-22H2,1H3. The molecule has 1 atom stereocenters. The third-order valence-corrected chi connectivity index (χ3v) is 5.41. The summed E-state index contributed by atoms with van der Waals surface area (Å²) in [4.78, 5) is 0. The van der Waals surface area contributed by atoms with Crippen LogP contribution in [0.2, 0.25) is 0 Å². The topological polar surface area (TPSA) is 18.5 Å². The van der Waals surface area contributed by atoms with Gasteiger partial charge in [-0.2, -0.15) is 0 Å². The van der Waals surface area contributed by atoms with Crippen LogP contribution in [0.4, 0.5) is 0 Å². The summed E-state index contributed by atoms with van der Waals surface area (Å²) in [7, 11) is 0. The zero-order chi connectivity index (χ0) is 21.3. The van der Waals surface area contributed by atoms with Gasteiger partial charge >= 0.3 is 0 Å². The van der Waals surface area contributed by atoms with Crippen LogP contribution >= 0.6 is 0 Å². The molecule has 1 unspecified atom stereocenters. The highest BCUT2D eigenvalue weighted by atomic mass is 16.5. The van der Waals surface area contributed by atoms with Gasteiger partial charge in [-0.3, -0.25) is 0 Å². The van der Waals surface area contributed by atoms with Crippen LogP contribution in [0.3, 0.4) is 0 Å². The van der Waals surface area contributed by atoms with Crippen molar-refractivity contribution >= 4 is 0 Å². The smallest absolute Gasteiger partial charge is 0.119 e. The largest absolute Gasteiger partial charge is 0.489 e. The molecule has 0 saturated carbocycles. The fourth-order valence-corrected chi connectivity index (χ4v) is 3.57. The summed E-state index contributed by atoms with van der Waals surface area (Å²) < 4.78 is 11.8. The summed E-state index contributed by atoms with van der Waals surface area (Å²) in [6, 6.07) is 37.4. The summed E-state index contributed by atoms with van der Waals surface area (Å²) in [6.07, 6.45) is 0.989. The van der Waals surface area contributed by atoms with Crippen LogP contribution < -0.4 is 9.47 Å². The van der Waals surface area contributed by atoms with Gasteiger partial charge in [-0.15, -0.1) is 0 Å². The van der Waals surface area contributed by atoms with Crippen molar-refractivity contribution in [3.8, 4) is 11.5 Å². The molecule has 0 amide bonds. The SMILES string of the molecule is CC(Cc1ccc(OCc2ccccc2)cc1)c1ccc(OCc2ccccc2)cc1. The fraction of sp³-hybridized carbons (Fsp3) is 0.172. The first kappa shape index (κ1) is 20.7. The normalized spacial score (nSPS) is 11.6. The highest BCUT2D eigenvalue weighted by molar-refractivity contribution is 5.33. The average molecular weight is 409 g/mol. The molecule has 2 nitrogen and oxygen atoms in total. The van der Waals surface area contributed by atoms with Crippen LogP contribution in [-0.2, 0) is 19.6 Å². The van der Waals surface area contributed by atoms with E-state index in [1.54, 1.807) is 0 Å². The third-order valence-electron chi connectivity index (χ3n) is 5.41. The first-order valence-corrected chi connectivity index (χ1v) is 10.8. The first-order valence-electron chi connectivity index (χ1n) is 10.8. The Balaban J connectivity index is 1.28. The van der Waals surface area contributed by atoms with Crippen LogP contribution in [-0.4, -0.2) is 0 Å².